The molecule has 0 aromatic rings. The highest BCUT2D eigenvalue weighted by Crippen LogP contribution is 2.24. The number of urea groups is 1. The first-order chi connectivity index (χ1) is 7.47. The number of nitrogens with zero attached hydrogens (tertiary/aromatic N) is 1. The average Bonchev–Trinajstić information content (AvgIpc) is 2.76. The van der Waals surface area contributed by atoms with Gasteiger partial charge in [0.1, 0.15) is 0 Å². The molecule has 4 nitrogen and oxygen atoms in total. The Labute approximate surface area is 97.8 Å². The Morgan fingerprint density at radius 1 is 1.44 bits per heavy atom. The van der Waals surface area contributed by atoms with Gasteiger partial charge in [-0.1, -0.05) is 20.8 Å². The van der Waals surface area contributed by atoms with Gasteiger partial charge >= 0.3 is 6.03 Å². The number of carbonyl (C=O) groups excluding carboxylic acids is 1. The maximum Gasteiger partial charge on any atom is 0.317 e. The van der Waals surface area contributed by atoms with Gasteiger partial charge in [0.2, 0.25) is 0 Å². The fourth-order valence-corrected chi connectivity index (χ4v) is 2.42. The van der Waals surface area contributed by atoms with Gasteiger partial charge in [-0.2, -0.15) is 0 Å². The highest BCUT2D eigenvalue weighted by Gasteiger charge is 2.37. The van der Waals surface area contributed by atoms with Crippen LogP contribution in [0.15, 0.2) is 0 Å². The average molecular weight is 225 g/mol. The molecular formula is C12H23N3O. The van der Waals surface area contributed by atoms with Gasteiger partial charge in [0.05, 0.1) is 6.04 Å². The van der Waals surface area contributed by atoms with E-state index in [9.17, 15) is 4.79 Å². The number of rotatable bonds is 2. The quantitative estimate of drug-likeness (QED) is 0.741. The highest BCUT2D eigenvalue weighted by molar-refractivity contribution is 5.77. The molecule has 2 fully saturated rings. The molecule has 0 bridgehead atoms. The molecule has 0 saturated carbocycles. The summed E-state index contributed by atoms with van der Waals surface area (Å²) < 4.78 is 0. The van der Waals surface area contributed by atoms with Crippen molar-refractivity contribution in [2.75, 3.05) is 19.6 Å². The number of carbonyl (C=O) groups is 1. The van der Waals surface area contributed by atoms with Crippen molar-refractivity contribution in [3.8, 4) is 0 Å². The Balaban J connectivity index is 1.89. The number of amides is 2. The van der Waals surface area contributed by atoms with Gasteiger partial charge in [-0.3, -0.25) is 0 Å². The van der Waals surface area contributed by atoms with E-state index in [1.807, 2.05) is 4.90 Å². The zero-order valence-electron chi connectivity index (χ0n) is 10.5. The largest absolute Gasteiger partial charge is 0.333 e. The van der Waals surface area contributed by atoms with Crippen molar-refractivity contribution >= 4 is 6.03 Å². The van der Waals surface area contributed by atoms with Crippen LogP contribution in [0.25, 0.3) is 0 Å². The second kappa shape index (κ2) is 4.24. The molecule has 0 aromatic carbocycles. The normalized spacial score (nSPS) is 30.9. The van der Waals surface area contributed by atoms with Gasteiger partial charge in [-0.15, -0.1) is 0 Å². The molecule has 2 N–H and O–H groups in total. The standard InChI is InChI=1S/C12H23N3O/c1-12(2,3)10-8-15(11(16)14-10)7-9-5-4-6-13-9/h9-10,13H,4-8H2,1-3H3,(H,14,16). The van der Waals surface area contributed by atoms with Crippen molar-refractivity contribution in [2.45, 2.75) is 45.7 Å². The van der Waals surface area contributed by atoms with Crippen LogP contribution < -0.4 is 10.6 Å². The Morgan fingerprint density at radius 2 is 2.19 bits per heavy atom. The van der Waals surface area contributed by atoms with Crippen LogP contribution in [-0.2, 0) is 0 Å². The van der Waals surface area contributed by atoms with Gasteiger partial charge in [-0.05, 0) is 24.8 Å². The van der Waals surface area contributed by atoms with Gasteiger partial charge in [-0.25, -0.2) is 4.79 Å². The molecule has 2 heterocycles. The summed E-state index contributed by atoms with van der Waals surface area (Å²) in [5.74, 6) is 0. The molecule has 2 saturated heterocycles. The molecule has 0 spiro atoms. The predicted octanol–water partition coefficient (Wildman–Crippen LogP) is 1.18. The summed E-state index contributed by atoms with van der Waals surface area (Å²) in [7, 11) is 0. The monoisotopic (exact) mass is 225 g/mol. The van der Waals surface area contributed by atoms with E-state index in [4.69, 9.17) is 0 Å². The lowest BCUT2D eigenvalue weighted by Gasteiger charge is -2.26. The first-order valence-electron chi connectivity index (χ1n) is 6.25. The molecule has 2 rings (SSSR count). The van der Waals surface area contributed by atoms with Gasteiger partial charge in [0, 0.05) is 19.1 Å². The van der Waals surface area contributed by atoms with E-state index in [1.165, 1.54) is 12.8 Å². The molecule has 2 atom stereocenters. The fraction of sp³-hybridized carbons (Fsp3) is 0.917. The summed E-state index contributed by atoms with van der Waals surface area (Å²) in [6, 6.07) is 0.888. The van der Waals surface area contributed by atoms with Gasteiger partial charge < -0.3 is 15.5 Å². The van der Waals surface area contributed by atoms with Crippen LogP contribution in [0.2, 0.25) is 0 Å². The third-order valence-corrected chi connectivity index (χ3v) is 3.64. The van der Waals surface area contributed by atoms with E-state index in [-0.39, 0.29) is 17.5 Å². The van der Waals surface area contributed by atoms with Gasteiger partial charge in [0.25, 0.3) is 0 Å². The SMILES string of the molecule is CC(C)(C)C1CN(CC2CCCN2)C(=O)N1. The Morgan fingerprint density at radius 3 is 2.69 bits per heavy atom. The van der Waals surface area contributed by atoms with Crippen LogP contribution in [0, 0.1) is 5.41 Å². The summed E-state index contributed by atoms with van der Waals surface area (Å²) in [6.45, 7) is 9.33. The van der Waals surface area contributed by atoms with E-state index in [0.29, 0.717) is 6.04 Å². The highest BCUT2D eigenvalue weighted by atomic mass is 16.2. The lowest BCUT2D eigenvalue weighted by atomic mass is 9.87. The van der Waals surface area contributed by atoms with Crippen molar-refractivity contribution in [3.63, 3.8) is 0 Å². The summed E-state index contributed by atoms with van der Waals surface area (Å²) in [5, 5.41) is 6.51. The minimum absolute atomic E-state index is 0.105. The summed E-state index contributed by atoms with van der Waals surface area (Å²) in [4.78, 5) is 13.8. The lowest BCUT2D eigenvalue weighted by molar-refractivity contribution is 0.212. The van der Waals surface area contributed by atoms with Crippen LogP contribution >= 0.6 is 0 Å². The number of hydrogen-bond acceptors (Lipinski definition) is 2. The van der Waals surface area contributed by atoms with Crippen molar-refractivity contribution in [3.05, 3.63) is 0 Å². The topological polar surface area (TPSA) is 44.4 Å². The molecule has 0 radical (unpaired) electrons. The summed E-state index contributed by atoms with van der Waals surface area (Å²) >= 11 is 0. The molecule has 16 heavy (non-hydrogen) atoms. The van der Waals surface area contributed by atoms with E-state index in [0.717, 1.165) is 19.6 Å². The second-order valence-electron chi connectivity index (χ2n) is 6.07. The van der Waals surface area contributed by atoms with Crippen molar-refractivity contribution in [2.24, 2.45) is 5.41 Å². The third kappa shape index (κ3) is 2.48. The molecule has 2 aliphatic rings. The van der Waals surface area contributed by atoms with Crippen LogP contribution in [0.5, 0.6) is 0 Å². The smallest absolute Gasteiger partial charge is 0.317 e. The number of nitrogens with one attached hydrogen (secondary N) is 2. The second-order valence-corrected chi connectivity index (χ2v) is 6.07. The number of hydrogen-bond donors (Lipinski definition) is 2. The van der Waals surface area contributed by atoms with Crippen LogP contribution in [0.1, 0.15) is 33.6 Å². The zero-order valence-corrected chi connectivity index (χ0v) is 10.5. The van der Waals surface area contributed by atoms with Crippen LogP contribution in [0.4, 0.5) is 4.79 Å². The Hall–Kier alpha value is -0.770. The maximum absolute atomic E-state index is 11.8. The van der Waals surface area contributed by atoms with Crippen LogP contribution in [-0.4, -0.2) is 42.6 Å². The maximum atomic E-state index is 11.8. The van der Waals surface area contributed by atoms with Crippen molar-refractivity contribution in [1.29, 1.82) is 0 Å². The van der Waals surface area contributed by atoms with Crippen molar-refractivity contribution in [1.82, 2.24) is 15.5 Å². The fourth-order valence-electron chi connectivity index (χ4n) is 2.42. The first kappa shape index (κ1) is 11.7. The van der Waals surface area contributed by atoms with E-state index in [2.05, 4.69) is 31.4 Å². The lowest BCUT2D eigenvalue weighted by Crippen LogP contribution is -2.39. The molecule has 0 aliphatic carbocycles. The Kier molecular flexibility index (Phi) is 3.10. The predicted molar refractivity (Wildman–Crippen MR) is 64.4 cm³/mol. The van der Waals surface area contributed by atoms with Crippen LogP contribution in [0.3, 0.4) is 0 Å². The van der Waals surface area contributed by atoms with Gasteiger partial charge in [0.15, 0.2) is 0 Å². The molecule has 0 aromatic heterocycles. The molecule has 92 valence electrons. The third-order valence-electron chi connectivity index (χ3n) is 3.64. The molecular weight excluding hydrogens is 202 g/mol. The van der Waals surface area contributed by atoms with E-state index >= 15 is 0 Å². The summed E-state index contributed by atoms with van der Waals surface area (Å²) in [6.07, 6.45) is 2.44. The molecule has 2 amide bonds. The van der Waals surface area contributed by atoms with E-state index < -0.39 is 0 Å². The minimum Gasteiger partial charge on any atom is -0.333 e. The summed E-state index contributed by atoms with van der Waals surface area (Å²) in [5.41, 5.74) is 0.146. The molecule has 2 unspecified atom stereocenters. The minimum atomic E-state index is 0.105. The zero-order chi connectivity index (χ0) is 11.8. The van der Waals surface area contributed by atoms with E-state index in [1.54, 1.807) is 0 Å². The molecule has 2 aliphatic heterocycles. The van der Waals surface area contributed by atoms with Crippen molar-refractivity contribution < 1.29 is 4.79 Å². The Bertz CT molecular complexity index is 266. The first-order valence-corrected chi connectivity index (χ1v) is 6.25. The molecule has 4 heteroatoms.